The van der Waals surface area contributed by atoms with Crippen LogP contribution in [0.4, 0.5) is 14.7 Å². The van der Waals surface area contributed by atoms with Crippen molar-refractivity contribution in [1.82, 2.24) is 15.3 Å². The molecule has 0 spiro atoms. The van der Waals surface area contributed by atoms with E-state index in [1.165, 1.54) is 6.07 Å². The number of aromatic nitrogens is 2. The first-order chi connectivity index (χ1) is 11.5. The summed E-state index contributed by atoms with van der Waals surface area (Å²) >= 11 is 0. The lowest BCUT2D eigenvalue weighted by molar-refractivity contribution is 0.0942. The fourth-order valence-electron chi connectivity index (χ4n) is 2.74. The van der Waals surface area contributed by atoms with Crippen molar-refractivity contribution in [3.05, 3.63) is 52.9 Å². The van der Waals surface area contributed by atoms with Crippen LogP contribution < -0.4 is 10.2 Å². The Balaban J connectivity index is 1.73. The van der Waals surface area contributed by atoms with Gasteiger partial charge >= 0.3 is 0 Å². The van der Waals surface area contributed by atoms with Crippen LogP contribution in [0.2, 0.25) is 0 Å². The number of anilines is 1. The van der Waals surface area contributed by atoms with Gasteiger partial charge in [-0.05, 0) is 38.0 Å². The molecule has 0 radical (unpaired) electrons. The van der Waals surface area contributed by atoms with Crippen molar-refractivity contribution in [1.29, 1.82) is 0 Å². The second-order valence-electron chi connectivity index (χ2n) is 5.77. The molecular weight excluding hydrogens is 314 g/mol. The molecule has 1 fully saturated rings. The van der Waals surface area contributed by atoms with Crippen molar-refractivity contribution in [2.45, 2.75) is 26.3 Å². The molecule has 24 heavy (non-hydrogen) atoms. The topological polar surface area (TPSA) is 58.1 Å². The highest BCUT2D eigenvalue weighted by Gasteiger charge is 2.18. The van der Waals surface area contributed by atoms with Crippen molar-refractivity contribution < 1.29 is 13.6 Å². The SMILES string of the molecule is Cc1cc(CNC(=O)c2c(F)cccc2F)nc(N2CCCC2)n1. The monoisotopic (exact) mass is 332 g/mol. The number of carbonyl (C=O) groups is 1. The fourth-order valence-corrected chi connectivity index (χ4v) is 2.74. The number of nitrogens with zero attached hydrogens (tertiary/aromatic N) is 3. The maximum absolute atomic E-state index is 13.6. The Bertz CT molecular complexity index is 740. The first kappa shape index (κ1) is 16.3. The van der Waals surface area contributed by atoms with Crippen LogP contribution in [-0.2, 0) is 6.54 Å². The van der Waals surface area contributed by atoms with E-state index in [0.717, 1.165) is 43.8 Å². The number of benzene rings is 1. The van der Waals surface area contributed by atoms with E-state index in [1.807, 2.05) is 6.92 Å². The van der Waals surface area contributed by atoms with Gasteiger partial charge in [0, 0.05) is 18.8 Å². The van der Waals surface area contributed by atoms with E-state index < -0.39 is 23.1 Å². The van der Waals surface area contributed by atoms with Gasteiger partial charge in [-0.1, -0.05) is 6.07 Å². The molecule has 1 aliphatic heterocycles. The molecule has 1 aromatic carbocycles. The van der Waals surface area contributed by atoms with Gasteiger partial charge in [0.05, 0.1) is 12.2 Å². The maximum atomic E-state index is 13.6. The minimum Gasteiger partial charge on any atom is -0.346 e. The lowest BCUT2D eigenvalue weighted by Gasteiger charge is -2.16. The van der Waals surface area contributed by atoms with Crippen molar-refractivity contribution in [3.8, 4) is 0 Å². The summed E-state index contributed by atoms with van der Waals surface area (Å²) in [6, 6.07) is 5.08. The van der Waals surface area contributed by atoms with Crippen molar-refractivity contribution >= 4 is 11.9 Å². The highest BCUT2D eigenvalue weighted by molar-refractivity contribution is 5.94. The van der Waals surface area contributed by atoms with E-state index in [0.29, 0.717) is 11.6 Å². The summed E-state index contributed by atoms with van der Waals surface area (Å²) in [6.07, 6.45) is 2.21. The van der Waals surface area contributed by atoms with E-state index in [-0.39, 0.29) is 6.54 Å². The molecule has 3 rings (SSSR count). The van der Waals surface area contributed by atoms with Gasteiger partial charge in [0.25, 0.3) is 5.91 Å². The third-order valence-corrected chi connectivity index (χ3v) is 3.90. The molecule has 0 atom stereocenters. The smallest absolute Gasteiger partial charge is 0.257 e. The maximum Gasteiger partial charge on any atom is 0.257 e. The molecule has 0 unspecified atom stereocenters. The molecule has 2 aromatic rings. The zero-order valence-corrected chi connectivity index (χ0v) is 13.4. The van der Waals surface area contributed by atoms with Crippen LogP contribution in [0.3, 0.4) is 0 Å². The van der Waals surface area contributed by atoms with Gasteiger partial charge in [-0.3, -0.25) is 4.79 Å². The second kappa shape index (κ2) is 6.90. The zero-order chi connectivity index (χ0) is 17.1. The van der Waals surface area contributed by atoms with E-state index in [2.05, 4.69) is 20.2 Å². The van der Waals surface area contributed by atoms with Gasteiger partial charge in [0.15, 0.2) is 0 Å². The molecule has 0 bridgehead atoms. The normalized spacial score (nSPS) is 14.0. The number of aryl methyl sites for hydroxylation is 1. The Morgan fingerprint density at radius 1 is 1.21 bits per heavy atom. The van der Waals surface area contributed by atoms with Crippen molar-refractivity contribution in [2.24, 2.45) is 0 Å². The average molecular weight is 332 g/mol. The van der Waals surface area contributed by atoms with Crippen LogP contribution in [0.25, 0.3) is 0 Å². The van der Waals surface area contributed by atoms with Crippen LogP contribution in [0.1, 0.15) is 34.6 Å². The minimum absolute atomic E-state index is 0.0802. The minimum atomic E-state index is -0.885. The van der Waals surface area contributed by atoms with Gasteiger partial charge in [-0.2, -0.15) is 0 Å². The van der Waals surface area contributed by atoms with Crippen molar-refractivity contribution in [3.63, 3.8) is 0 Å². The molecule has 1 amide bonds. The predicted octanol–water partition coefficient (Wildman–Crippen LogP) is 2.59. The van der Waals surface area contributed by atoms with E-state index >= 15 is 0 Å². The van der Waals surface area contributed by atoms with Crippen LogP contribution >= 0.6 is 0 Å². The molecular formula is C17H18F2N4O. The summed E-state index contributed by atoms with van der Waals surface area (Å²) in [5.74, 6) is -1.94. The molecule has 126 valence electrons. The summed E-state index contributed by atoms with van der Waals surface area (Å²) in [7, 11) is 0. The average Bonchev–Trinajstić information content (AvgIpc) is 3.07. The first-order valence-electron chi connectivity index (χ1n) is 7.86. The number of nitrogens with one attached hydrogen (secondary N) is 1. The predicted molar refractivity (Wildman–Crippen MR) is 85.7 cm³/mol. The molecule has 5 nitrogen and oxygen atoms in total. The van der Waals surface area contributed by atoms with Crippen LogP contribution in [0.5, 0.6) is 0 Å². The Kier molecular flexibility index (Phi) is 4.69. The number of hydrogen-bond acceptors (Lipinski definition) is 4. The van der Waals surface area contributed by atoms with Gasteiger partial charge in [-0.15, -0.1) is 0 Å². The first-order valence-corrected chi connectivity index (χ1v) is 7.86. The van der Waals surface area contributed by atoms with Gasteiger partial charge in [0.2, 0.25) is 5.95 Å². The molecule has 1 aromatic heterocycles. The lowest BCUT2D eigenvalue weighted by atomic mass is 10.2. The third kappa shape index (κ3) is 3.50. The summed E-state index contributed by atoms with van der Waals surface area (Å²) < 4.78 is 27.3. The zero-order valence-electron chi connectivity index (χ0n) is 13.4. The number of halogens is 2. The largest absolute Gasteiger partial charge is 0.346 e. The molecule has 2 heterocycles. The Morgan fingerprint density at radius 2 is 1.88 bits per heavy atom. The molecule has 0 saturated carbocycles. The number of amides is 1. The van der Waals surface area contributed by atoms with Gasteiger partial charge in [-0.25, -0.2) is 18.7 Å². The van der Waals surface area contributed by atoms with Gasteiger partial charge < -0.3 is 10.2 Å². The van der Waals surface area contributed by atoms with E-state index in [4.69, 9.17) is 0 Å². The molecule has 0 aliphatic carbocycles. The number of rotatable bonds is 4. The summed E-state index contributed by atoms with van der Waals surface area (Å²) in [5, 5.41) is 2.51. The summed E-state index contributed by atoms with van der Waals surface area (Å²) in [6.45, 7) is 3.76. The van der Waals surface area contributed by atoms with E-state index in [9.17, 15) is 13.6 Å². The molecule has 1 saturated heterocycles. The van der Waals surface area contributed by atoms with Crippen LogP contribution in [-0.4, -0.2) is 29.0 Å². The van der Waals surface area contributed by atoms with Crippen LogP contribution in [0, 0.1) is 18.6 Å². The highest BCUT2D eigenvalue weighted by Crippen LogP contribution is 2.17. The summed E-state index contributed by atoms with van der Waals surface area (Å²) in [5.41, 5.74) is 0.811. The van der Waals surface area contributed by atoms with Gasteiger partial charge in [0.1, 0.15) is 17.2 Å². The van der Waals surface area contributed by atoms with Crippen molar-refractivity contribution in [2.75, 3.05) is 18.0 Å². The van der Waals surface area contributed by atoms with E-state index in [1.54, 1.807) is 6.07 Å². The molecule has 7 heteroatoms. The Morgan fingerprint density at radius 3 is 2.54 bits per heavy atom. The summed E-state index contributed by atoms with van der Waals surface area (Å²) in [4.78, 5) is 23.0. The molecule has 1 aliphatic rings. The second-order valence-corrected chi connectivity index (χ2v) is 5.77. The quantitative estimate of drug-likeness (QED) is 0.935. The third-order valence-electron chi connectivity index (χ3n) is 3.90. The van der Waals surface area contributed by atoms with Crippen LogP contribution in [0.15, 0.2) is 24.3 Å². The Hall–Kier alpha value is -2.57. The number of hydrogen-bond donors (Lipinski definition) is 1. The number of carbonyl (C=O) groups excluding carboxylic acids is 1. The Labute approximate surface area is 138 Å². The lowest BCUT2D eigenvalue weighted by Crippen LogP contribution is -2.26. The molecule has 1 N–H and O–H groups in total. The highest BCUT2D eigenvalue weighted by atomic mass is 19.1. The standard InChI is InChI=1S/C17H18F2N4O/c1-11-9-12(22-17(21-11)23-7-2-3-8-23)10-20-16(24)15-13(18)5-4-6-14(15)19/h4-6,9H,2-3,7-8,10H2,1H3,(H,20,24). The fraction of sp³-hybridized carbons (Fsp3) is 0.353.